The molecule has 1 fully saturated rings. The predicted octanol–water partition coefficient (Wildman–Crippen LogP) is 0.986. The lowest BCUT2D eigenvalue weighted by atomic mass is 9.84. The highest BCUT2D eigenvalue weighted by atomic mass is 16.2. The van der Waals surface area contributed by atoms with Crippen molar-refractivity contribution in [3.05, 3.63) is 35.9 Å². The van der Waals surface area contributed by atoms with Crippen LogP contribution in [0.1, 0.15) is 19.4 Å². The number of benzene rings is 1. The Kier molecular flexibility index (Phi) is 5.15. The number of nitrogens with one attached hydrogen (secondary N) is 2. The van der Waals surface area contributed by atoms with Crippen LogP contribution in [-0.4, -0.2) is 50.1 Å². The van der Waals surface area contributed by atoms with Gasteiger partial charge in [0.25, 0.3) is 0 Å². The second-order valence-corrected chi connectivity index (χ2v) is 5.84. The summed E-state index contributed by atoms with van der Waals surface area (Å²) in [6.07, 6.45) is 0. The molecule has 110 valence electrons. The van der Waals surface area contributed by atoms with Gasteiger partial charge in [0.2, 0.25) is 5.91 Å². The number of carbonyl (C=O) groups excluding carboxylic acids is 1. The molecule has 0 atom stereocenters. The van der Waals surface area contributed by atoms with Crippen LogP contribution in [0.3, 0.4) is 0 Å². The number of rotatable bonds is 5. The molecule has 0 bridgehead atoms. The summed E-state index contributed by atoms with van der Waals surface area (Å²) in [4.78, 5) is 14.7. The lowest BCUT2D eigenvalue weighted by molar-refractivity contribution is -0.125. The van der Waals surface area contributed by atoms with Crippen molar-refractivity contribution >= 4 is 5.91 Å². The van der Waals surface area contributed by atoms with Crippen LogP contribution in [0.5, 0.6) is 0 Å². The van der Waals surface area contributed by atoms with Crippen molar-refractivity contribution in [1.29, 1.82) is 0 Å². The Balaban J connectivity index is 1.81. The quantitative estimate of drug-likeness (QED) is 0.842. The molecular weight excluding hydrogens is 250 g/mol. The van der Waals surface area contributed by atoms with Crippen LogP contribution >= 0.6 is 0 Å². The molecule has 1 saturated heterocycles. The Bertz CT molecular complexity index is 425. The van der Waals surface area contributed by atoms with E-state index in [4.69, 9.17) is 0 Å². The van der Waals surface area contributed by atoms with Gasteiger partial charge in [0.05, 0.1) is 5.41 Å². The van der Waals surface area contributed by atoms with Crippen molar-refractivity contribution in [2.45, 2.75) is 19.3 Å². The Morgan fingerprint density at radius 1 is 1.25 bits per heavy atom. The Hall–Kier alpha value is -1.39. The first kappa shape index (κ1) is 15.0. The normalized spacial score (nSPS) is 16.9. The zero-order chi connectivity index (χ0) is 14.4. The molecule has 4 heteroatoms. The predicted molar refractivity (Wildman–Crippen MR) is 81.8 cm³/mol. The molecule has 0 radical (unpaired) electrons. The van der Waals surface area contributed by atoms with E-state index in [2.05, 4.69) is 15.5 Å². The van der Waals surface area contributed by atoms with Gasteiger partial charge < -0.3 is 10.6 Å². The molecule has 2 rings (SSSR count). The van der Waals surface area contributed by atoms with Gasteiger partial charge in [0, 0.05) is 39.3 Å². The van der Waals surface area contributed by atoms with Gasteiger partial charge in [-0.15, -0.1) is 0 Å². The third kappa shape index (κ3) is 3.81. The fourth-order valence-corrected chi connectivity index (χ4v) is 2.47. The fourth-order valence-electron chi connectivity index (χ4n) is 2.47. The summed E-state index contributed by atoms with van der Waals surface area (Å²) in [7, 11) is 0. The summed E-state index contributed by atoms with van der Waals surface area (Å²) < 4.78 is 0. The van der Waals surface area contributed by atoms with Crippen LogP contribution < -0.4 is 10.6 Å². The standard InChI is InChI=1S/C16H25N3O/c1-16(2,14-6-4-3-5-7-14)15(20)18-10-13-19-11-8-17-9-12-19/h3-7,17H,8-13H2,1-2H3,(H,18,20). The summed E-state index contributed by atoms with van der Waals surface area (Å²) in [5.41, 5.74) is 0.574. The zero-order valence-electron chi connectivity index (χ0n) is 12.5. The molecule has 1 aliphatic rings. The third-order valence-electron chi connectivity index (χ3n) is 3.99. The van der Waals surface area contributed by atoms with E-state index < -0.39 is 5.41 Å². The summed E-state index contributed by atoms with van der Waals surface area (Å²) >= 11 is 0. The molecule has 0 aliphatic carbocycles. The Morgan fingerprint density at radius 3 is 2.55 bits per heavy atom. The highest BCUT2D eigenvalue weighted by molar-refractivity contribution is 5.87. The third-order valence-corrected chi connectivity index (χ3v) is 3.99. The number of amides is 1. The summed E-state index contributed by atoms with van der Waals surface area (Å²) in [5.74, 6) is 0.0961. The van der Waals surface area contributed by atoms with E-state index >= 15 is 0 Å². The molecule has 1 aliphatic heterocycles. The topological polar surface area (TPSA) is 44.4 Å². The van der Waals surface area contributed by atoms with Gasteiger partial charge in [-0.2, -0.15) is 0 Å². The van der Waals surface area contributed by atoms with Crippen molar-refractivity contribution in [2.24, 2.45) is 0 Å². The first-order chi connectivity index (χ1) is 9.60. The second-order valence-electron chi connectivity index (χ2n) is 5.84. The van der Waals surface area contributed by atoms with Crippen molar-refractivity contribution in [3.8, 4) is 0 Å². The van der Waals surface area contributed by atoms with E-state index in [1.807, 2.05) is 44.2 Å². The number of nitrogens with zero attached hydrogens (tertiary/aromatic N) is 1. The van der Waals surface area contributed by atoms with Gasteiger partial charge in [-0.05, 0) is 19.4 Å². The van der Waals surface area contributed by atoms with Gasteiger partial charge >= 0.3 is 0 Å². The van der Waals surface area contributed by atoms with Crippen LogP contribution in [0.15, 0.2) is 30.3 Å². The maximum atomic E-state index is 12.4. The maximum absolute atomic E-state index is 12.4. The minimum atomic E-state index is -0.481. The van der Waals surface area contributed by atoms with E-state index in [1.54, 1.807) is 0 Å². The van der Waals surface area contributed by atoms with Gasteiger partial charge in [0.15, 0.2) is 0 Å². The molecular formula is C16H25N3O. The largest absolute Gasteiger partial charge is 0.354 e. The molecule has 20 heavy (non-hydrogen) atoms. The molecule has 1 amide bonds. The van der Waals surface area contributed by atoms with E-state index in [1.165, 1.54) is 0 Å². The van der Waals surface area contributed by atoms with E-state index in [9.17, 15) is 4.79 Å². The molecule has 1 aromatic carbocycles. The number of piperazine rings is 1. The van der Waals surface area contributed by atoms with Gasteiger partial charge in [0.1, 0.15) is 0 Å². The Labute approximate surface area is 121 Å². The van der Waals surface area contributed by atoms with Crippen molar-refractivity contribution < 1.29 is 4.79 Å². The van der Waals surface area contributed by atoms with Crippen LogP contribution in [0, 0.1) is 0 Å². The van der Waals surface area contributed by atoms with Crippen LogP contribution in [0.4, 0.5) is 0 Å². The molecule has 1 heterocycles. The van der Waals surface area contributed by atoms with Crippen molar-refractivity contribution in [2.75, 3.05) is 39.3 Å². The van der Waals surface area contributed by atoms with Crippen LogP contribution in [-0.2, 0) is 10.2 Å². The minimum Gasteiger partial charge on any atom is -0.354 e. The lowest BCUT2D eigenvalue weighted by Crippen LogP contribution is -2.48. The average Bonchev–Trinajstić information content (AvgIpc) is 2.49. The van der Waals surface area contributed by atoms with Gasteiger partial charge in [-0.1, -0.05) is 30.3 Å². The number of hydrogen-bond donors (Lipinski definition) is 2. The molecule has 0 spiro atoms. The fraction of sp³-hybridized carbons (Fsp3) is 0.562. The molecule has 1 aromatic rings. The summed E-state index contributed by atoms with van der Waals surface area (Å²) in [5, 5.41) is 6.40. The SMILES string of the molecule is CC(C)(C(=O)NCCN1CCNCC1)c1ccccc1. The average molecular weight is 275 g/mol. The van der Waals surface area contributed by atoms with Crippen LogP contribution in [0.25, 0.3) is 0 Å². The minimum absolute atomic E-state index is 0.0961. The number of carbonyl (C=O) groups is 1. The van der Waals surface area contributed by atoms with Crippen molar-refractivity contribution in [3.63, 3.8) is 0 Å². The van der Waals surface area contributed by atoms with E-state index in [0.29, 0.717) is 0 Å². The summed E-state index contributed by atoms with van der Waals surface area (Å²) in [6, 6.07) is 9.95. The van der Waals surface area contributed by atoms with E-state index in [0.717, 1.165) is 44.8 Å². The van der Waals surface area contributed by atoms with Gasteiger partial charge in [-0.25, -0.2) is 0 Å². The number of hydrogen-bond acceptors (Lipinski definition) is 3. The second kappa shape index (κ2) is 6.86. The first-order valence-corrected chi connectivity index (χ1v) is 7.37. The lowest BCUT2D eigenvalue weighted by Gasteiger charge is -2.28. The van der Waals surface area contributed by atoms with Gasteiger partial charge in [-0.3, -0.25) is 9.69 Å². The molecule has 0 saturated carbocycles. The molecule has 4 nitrogen and oxygen atoms in total. The molecule has 2 N–H and O–H groups in total. The molecule has 0 unspecified atom stereocenters. The van der Waals surface area contributed by atoms with E-state index in [-0.39, 0.29) is 5.91 Å². The smallest absolute Gasteiger partial charge is 0.230 e. The monoisotopic (exact) mass is 275 g/mol. The van der Waals surface area contributed by atoms with Crippen LogP contribution in [0.2, 0.25) is 0 Å². The zero-order valence-corrected chi connectivity index (χ0v) is 12.5. The summed E-state index contributed by atoms with van der Waals surface area (Å²) in [6.45, 7) is 9.82. The Morgan fingerprint density at radius 2 is 1.90 bits per heavy atom. The maximum Gasteiger partial charge on any atom is 0.230 e. The molecule has 0 aromatic heterocycles. The first-order valence-electron chi connectivity index (χ1n) is 7.37. The highest BCUT2D eigenvalue weighted by Gasteiger charge is 2.29. The van der Waals surface area contributed by atoms with Crippen molar-refractivity contribution in [1.82, 2.24) is 15.5 Å². The highest BCUT2D eigenvalue weighted by Crippen LogP contribution is 2.22.